The van der Waals surface area contributed by atoms with E-state index in [1.165, 1.54) is 6.07 Å². The van der Waals surface area contributed by atoms with Crippen LogP contribution in [0.15, 0.2) is 53.7 Å². The van der Waals surface area contributed by atoms with E-state index in [-0.39, 0.29) is 5.82 Å². The minimum Gasteiger partial charge on any atom is -0.279 e. The van der Waals surface area contributed by atoms with Crippen LogP contribution < -0.4 is 0 Å². The number of aryl methyl sites for hydroxylation is 1. The van der Waals surface area contributed by atoms with Gasteiger partial charge in [-0.2, -0.15) is 5.10 Å². The Labute approximate surface area is 138 Å². The standard InChI is InChI=1S/C18H13ClFN3/c1-23-18-11(10-22-23)9-21-17(14-4-2-3-5-16(14)20)15-8-12(19)6-7-13(15)18/h2-10,17H,1H3. The zero-order valence-corrected chi connectivity index (χ0v) is 13.1. The van der Waals surface area contributed by atoms with Crippen molar-refractivity contribution in [3.05, 3.63) is 76.2 Å². The van der Waals surface area contributed by atoms with Gasteiger partial charge in [0, 0.05) is 35.0 Å². The van der Waals surface area contributed by atoms with E-state index in [1.807, 2.05) is 31.3 Å². The molecule has 3 aromatic rings. The van der Waals surface area contributed by atoms with Crippen molar-refractivity contribution in [3.63, 3.8) is 0 Å². The Balaban J connectivity index is 2.02. The van der Waals surface area contributed by atoms with Gasteiger partial charge in [0.2, 0.25) is 0 Å². The predicted molar refractivity (Wildman–Crippen MR) is 89.5 cm³/mol. The lowest BCUT2D eigenvalue weighted by molar-refractivity contribution is 0.600. The quantitative estimate of drug-likeness (QED) is 0.652. The molecule has 2 aromatic carbocycles. The maximum Gasteiger partial charge on any atom is 0.128 e. The van der Waals surface area contributed by atoms with E-state index < -0.39 is 6.04 Å². The fourth-order valence-electron chi connectivity index (χ4n) is 3.03. The van der Waals surface area contributed by atoms with Crippen LogP contribution in [0.5, 0.6) is 0 Å². The summed E-state index contributed by atoms with van der Waals surface area (Å²) in [5.74, 6) is -0.273. The minimum absolute atomic E-state index is 0.273. The highest BCUT2D eigenvalue weighted by atomic mass is 35.5. The number of nitrogens with zero attached hydrogens (tertiary/aromatic N) is 3. The first-order valence-corrected chi connectivity index (χ1v) is 7.62. The van der Waals surface area contributed by atoms with Gasteiger partial charge in [-0.1, -0.05) is 35.9 Å². The van der Waals surface area contributed by atoms with Crippen LogP contribution in [0.25, 0.3) is 11.3 Å². The van der Waals surface area contributed by atoms with Crippen LogP contribution in [-0.4, -0.2) is 16.0 Å². The molecule has 5 heteroatoms. The van der Waals surface area contributed by atoms with Gasteiger partial charge in [-0.05, 0) is 23.8 Å². The lowest BCUT2D eigenvalue weighted by Crippen LogP contribution is -2.03. The molecule has 0 aliphatic carbocycles. The second kappa shape index (κ2) is 5.32. The molecule has 0 saturated heterocycles. The molecule has 0 radical (unpaired) electrons. The van der Waals surface area contributed by atoms with Gasteiger partial charge in [0.05, 0.1) is 11.9 Å². The van der Waals surface area contributed by atoms with Gasteiger partial charge in [0.25, 0.3) is 0 Å². The molecule has 1 atom stereocenters. The van der Waals surface area contributed by atoms with E-state index >= 15 is 0 Å². The number of benzene rings is 2. The molecule has 114 valence electrons. The molecular weight excluding hydrogens is 313 g/mol. The molecule has 0 bridgehead atoms. The minimum atomic E-state index is -0.433. The van der Waals surface area contributed by atoms with E-state index in [4.69, 9.17) is 11.6 Å². The van der Waals surface area contributed by atoms with Crippen molar-refractivity contribution >= 4 is 17.8 Å². The van der Waals surface area contributed by atoms with Crippen LogP contribution in [0.2, 0.25) is 5.02 Å². The van der Waals surface area contributed by atoms with Crippen LogP contribution >= 0.6 is 11.6 Å². The Morgan fingerprint density at radius 3 is 2.78 bits per heavy atom. The molecule has 1 unspecified atom stereocenters. The average Bonchev–Trinajstić information content (AvgIpc) is 2.82. The van der Waals surface area contributed by atoms with Crippen molar-refractivity contribution in [1.82, 2.24) is 9.78 Å². The summed E-state index contributed by atoms with van der Waals surface area (Å²) < 4.78 is 16.1. The number of halogens is 2. The maximum absolute atomic E-state index is 14.3. The van der Waals surface area contributed by atoms with Gasteiger partial charge in [-0.25, -0.2) is 4.39 Å². The van der Waals surface area contributed by atoms with Crippen molar-refractivity contribution in [2.45, 2.75) is 6.04 Å². The van der Waals surface area contributed by atoms with E-state index in [1.54, 1.807) is 29.2 Å². The predicted octanol–water partition coefficient (Wildman–Crippen LogP) is 4.40. The Morgan fingerprint density at radius 1 is 1.13 bits per heavy atom. The largest absolute Gasteiger partial charge is 0.279 e. The molecule has 1 aromatic heterocycles. The third kappa shape index (κ3) is 2.26. The van der Waals surface area contributed by atoms with E-state index in [9.17, 15) is 4.39 Å². The first-order chi connectivity index (χ1) is 11.1. The number of fused-ring (bicyclic) bond motifs is 3. The van der Waals surface area contributed by atoms with Gasteiger partial charge in [-0.15, -0.1) is 0 Å². The molecular formula is C18H13ClFN3. The zero-order valence-electron chi connectivity index (χ0n) is 12.4. The van der Waals surface area contributed by atoms with E-state index in [0.717, 1.165) is 22.4 Å². The molecule has 0 spiro atoms. The van der Waals surface area contributed by atoms with Gasteiger partial charge < -0.3 is 0 Å². The van der Waals surface area contributed by atoms with Crippen molar-refractivity contribution in [1.29, 1.82) is 0 Å². The van der Waals surface area contributed by atoms with Crippen LogP contribution in [0, 0.1) is 5.82 Å². The van der Waals surface area contributed by atoms with Crippen LogP contribution in [0.1, 0.15) is 22.7 Å². The second-order valence-electron chi connectivity index (χ2n) is 5.51. The number of hydrogen-bond donors (Lipinski definition) is 0. The van der Waals surface area contributed by atoms with Crippen LogP contribution in [0.4, 0.5) is 4.39 Å². The average molecular weight is 326 g/mol. The third-order valence-corrected chi connectivity index (χ3v) is 4.33. The first kappa shape index (κ1) is 14.2. The van der Waals surface area contributed by atoms with Crippen molar-refractivity contribution in [2.75, 3.05) is 0 Å². The summed E-state index contributed by atoms with van der Waals surface area (Å²) in [7, 11) is 1.88. The van der Waals surface area contributed by atoms with E-state index in [2.05, 4.69) is 10.1 Å². The first-order valence-electron chi connectivity index (χ1n) is 7.24. The normalized spacial score (nSPS) is 15.9. The Hall–Kier alpha value is -2.46. The van der Waals surface area contributed by atoms with Gasteiger partial charge in [-0.3, -0.25) is 9.67 Å². The second-order valence-corrected chi connectivity index (χ2v) is 5.94. The molecule has 2 heterocycles. The number of rotatable bonds is 1. The fraction of sp³-hybridized carbons (Fsp3) is 0.111. The van der Waals surface area contributed by atoms with E-state index in [0.29, 0.717) is 10.6 Å². The van der Waals surface area contributed by atoms with Gasteiger partial charge >= 0.3 is 0 Å². The molecule has 0 fully saturated rings. The van der Waals surface area contributed by atoms with Gasteiger partial charge in [0.15, 0.2) is 0 Å². The molecule has 1 aliphatic heterocycles. The SMILES string of the molecule is Cn1ncc2c1-c1ccc(Cl)cc1C(c1ccccc1F)N=C2. The highest BCUT2D eigenvalue weighted by Crippen LogP contribution is 2.39. The summed E-state index contributed by atoms with van der Waals surface area (Å²) >= 11 is 6.20. The third-order valence-electron chi connectivity index (χ3n) is 4.09. The monoisotopic (exact) mass is 325 g/mol. The van der Waals surface area contributed by atoms with Gasteiger partial charge in [0.1, 0.15) is 11.9 Å². The Bertz CT molecular complexity index is 930. The maximum atomic E-state index is 14.3. The summed E-state index contributed by atoms with van der Waals surface area (Å²) in [5.41, 5.74) is 4.25. The summed E-state index contributed by atoms with van der Waals surface area (Å²) in [6.07, 6.45) is 3.52. The molecule has 0 saturated carbocycles. The summed E-state index contributed by atoms with van der Waals surface area (Å²) in [6, 6.07) is 11.9. The Morgan fingerprint density at radius 2 is 1.96 bits per heavy atom. The number of aromatic nitrogens is 2. The highest BCUT2D eigenvalue weighted by molar-refractivity contribution is 6.30. The lowest BCUT2D eigenvalue weighted by atomic mass is 9.93. The fourth-order valence-corrected chi connectivity index (χ4v) is 3.21. The molecule has 0 N–H and O–H groups in total. The van der Waals surface area contributed by atoms with Crippen molar-refractivity contribution < 1.29 is 4.39 Å². The topological polar surface area (TPSA) is 30.2 Å². The molecule has 1 aliphatic rings. The lowest BCUT2D eigenvalue weighted by Gasteiger charge is -2.17. The van der Waals surface area contributed by atoms with Crippen LogP contribution in [0.3, 0.4) is 0 Å². The summed E-state index contributed by atoms with van der Waals surface area (Å²) in [6.45, 7) is 0. The molecule has 0 amide bonds. The number of aliphatic imine (C=N–C) groups is 1. The molecule has 23 heavy (non-hydrogen) atoms. The van der Waals surface area contributed by atoms with Crippen molar-refractivity contribution in [3.8, 4) is 11.3 Å². The summed E-state index contributed by atoms with van der Waals surface area (Å²) in [5, 5.41) is 4.90. The van der Waals surface area contributed by atoms with Crippen molar-refractivity contribution in [2.24, 2.45) is 12.0 Å². The number of hydrogen-bond acceptors (Lipinski definition) is 2. The Kier molecular flexibility index (Phi) is 3.27. The zero-order chi connectivity index (χ0) is 16.0. The summed E-state index contributed by atoms with van der Waals surface area (Å²) in [4.78, 5) is 4.61. The highest BCUT2D eigenvalue weighted by Gasteiger charge is 2.25. The van der Waals surface area contributed by atoms with Crippen LogP contribution in [-0.2, 0) is 7.05 Å². The molecule has 3 nitrogen and oxygen atoms in total. The smallest absolute Gasteiger partial charge is 0.128 e. The molecule has 4 rings (SSSR count).